The van der Waals surface area contributed by atoms with E-state index in [0.29, 0.717) is 12.2 Å². The molecule has 2 aromatic rings. The number of rotatable bonds is 12. The van der Waals surface area contributed by atoms with Gasteiger partial charge < -0.3 is 25.2 Å². The van der Waals surface area contributed by atoms with E-state index < -0.39 is 24.2 Å². The molecule has 1 aliphatic carbocycles. The second-order valence-corrected chi connectivity index (χ2v) is 8.93. The summed E-state index contributed by atoms with van der Waals surface area (Å²) in [6, 6.07) is 15.4. The first-order valence-electron chi connectivity index (χ1n) is 11.1. The van der Waals surface area contributed by atoms with Crippen LogP contribution in [0.3, 0.4) is 0 Å². The lowest BCUT2D eigenvalue weighted by Crippen LogP contribution is -2.48. The molecule has 0 fully saturated rings. The highest BCUT2D eigenvalue weighted by atomic mass is 32.2. The smallest absolute Gasteiger partial charge is 0.407 e. The van der Waals surface area contributed by atoms with Gasteiger partial charge in [0.05, 0.1) is 0 Å². The number of thioether (sulfide) groups is 1. The Labute approximate surface area is 203 Å². The van der Waals surface area contributed by atoms with E-state index in [4.69, 9.17) is 14.6 Å². The number of carbonyl (C=O) groups excluding carboxylic acids is 2. The molecular weight excluding hydrogens is 456 g/mol. The number of hydrogen-bond acceptors (Lipinski definition) is 6. The van der Waals surface area contributed by atoms with Crippen LogP contribution in [0.5, 0.6) is 0 Å². The number of carboxylic acids is 1. The Balaban J connectivity index is 1.58. The third-order valence-corrected chi connectivity index (χ3v) is 6.47. The van der Waals surface area contributed by atoms with Gasteiger partial charge in [0.25, 0.3) is 0 Å². The van der Waals surface area contributed by atoms with E-state index >= 15 is 0 Å². The Hall–Kier alpha value is -3.04. The van der Waals surface area contributed by atoms with Gasteiger partial charge in [-0.25, -0.2) is 9.59 Å². The molecule has 0 spiro atoms. The Bertz CT molecular complexity index is 969. The zero-order valence-corrected chi connectivity index (χ0v) is 20.1. The van der Waals surface area contributed by atoms with Crippen molar-refractivity contribution in [2.75, 3.05) is 32.3 Å². The minimum Gasteiger partial charge on any atom is -0.479 e. The zero-order valence-electron chi connectivity index (χ0n) is 19.3. The molecule has 182 valence electrons. The Morgan fingerprint density at radius 3 is 2.21 bits per heavy atom. The van der Waals surface area contributed by atoms with Crippen molar-refractivity contribution >= 4 is 29.7 Å². The van der Waals surface area contributed by atoms with E-state index in [-0.39, 0.29) is 31.4 Å². The van der Waals surface area contributed by atoms with Gasteiger partial charge >= 0.3 is 12.1 Å². The van der Waals surface area contributed by atoms with Crippen LogP contribution in [-0.4, -0.2) is 67.5 Å². The summed E-state index contributed by atoms with van der Waals surface area (Å²) < 4.78 is 10.4. The molecule has 0 radical (unpaired) electrons. The molecule has 0 saturated heterocycles. The highest BCUT2D eigenvalue weighted by molar-refractivity contribution is 7.98. The lowest BCUT2D eigenvalue weighted by Gasteiger charge is -2.20. The highest BCUT2D eigenvalue weighted by Gasteiger charge is 2.29. The van der Waals surface area contributed by atoms with Crippen LogP contribution in [0.2, 0.25) is 0 Å². The first-order valence-corrected chi connectivity index (χ1v) is 12.5. The molecule has 0 saturated carbocycles. The number of aliphatic carboxylic acids is 1. The predicted molar refractivity (Wildman–Crippen MR) is 131 cm³/mol. The zero-order chi connectivity index (χ0) is 24.5. The van der Waals surface area contributed by atoms with Crippen LogP contribution in [0.25, 0.3) is 11.1 Å². The largest absolute Gasteiger partial charge is 0.479 e. The maximum Gasteiger partial charge on any atom is 0.407 e. The second-order valence-electron chi connectivity index (χ2n) is 7.95. The van der Waals surface area contributed by atoms with Crippen LogP contribution >= 0.6 is 11.8 Å². The number of hydrogen-bond donors (Lipinski definition) is 3. The van der Waals surface area contributed by atoms with Crippen LogP contribution in [-0.2, 0) is 19.1 Å². The molecule has 34 heavy (non-hydrogen) atoms. The third-order valence-electron chi connectivity index (χ3n) is 5.83. The topological polar surface area (TPSA) is 114 Å². The summed E-state index contributed by atoms with van der Waals surface area (Å²) in [5, 5.41) is 14.4. The number of alkyl carbamates (subject to hydrolysis) is 1. The Morgan fingerprint density at radius 2 is 1.65 bits per heavy atom. The van der Waals surface area contributed by atoms with Gasteiger partial charge in [-0.2, -0.15) is 11.8 Å². The van der Waals surface area contributed by atoms with E-state index in [1.807, 2.05) is 42.7 Å². The van der Waals surface area contributed by atoms with Crippen molar-refractivity contribution in [1.29, 1.82) is 0 Å². The summed E-state index contributed by atoms with van der Waals surface area (Å²) in [4.78, 5) is 36.3. The van der Waals surface area contributed by atoms with Crippen molar-refractivity contribution in [3.05, 3.63) is 59.7 Å². The van der Waals surface area contributed by atoms with Crippen molar-refractivity contribution in [3.63, 3.8) is 0 Å². The molecule has 9 heteroatoms. The molecule has 1 aliphatic rings. The number of ether oxygens (including phenoxy) is 2. The number of fused-ring (bicyclic) bond motifs is 3. The van der Waals surface area contributed by atoms with E-state index in [0.717, 1.165) is 22.3 Å². The van der Waals surface area contributed by atoms with Gasteiger partial charge in [-0.1, -0.05) is 48.5 Å². The fraction of sp³-hybridized carbons (Fsp3) is 0.400. The molecule has 2 aromatic carbocycles. The molecule has 8 nitrogen and oxygen atoms in total. The van der Waals surface area contributed by atoms with Crippen molar-refractivity contribution < 1.29 is 29.0 Å². The number of amides is 2. The quantitative estimate of drug-likeness (QED) is 0.422. The second kappa shape index (κ2) is 12.4. The summed E-state index contributed by atoms with van der Waals surface area (Å²) >= 11 is 1.56. The van der Waals surface area contributed by atoms with Crippen molar-refractivity contribution in [2.24, 2.45) is 0 Å². The first-order chi connectivity index (χ1) is 16.5. The molecule has 2 unspecified atom stereocenters. The number of nitrogens with one attached hydrogen (secondary N) is 2. The maximum absolute atomic E-state index is 12.6. The minimum absolute atomic E-state index is 0.0707. The van der Waals surface area contributed by atoms with E-state index in [1.165, 1.54) is 7.11 Å². The van der Waals surface area contributed by atoms with Crippen LogP contribution in [0.1, 0.15) is 29.9 Å². The molecule has 2 atom stereocenters. The van der Waals surface area contributed by atoms with Crippen molar-refractivity contribution in [1.82, 2.24) is 10.6 Å². The molecule has 0 aliphatic heterocycles. The van der Waals surface area contributed by atoms with Gasteiger partial charge in [0.2, 0.25) is 5.91 Å². The van der Waals surface area contributed by atoms with Gasteiger partial charge in [-0.3, -0.25) is 4.79 Å². The highest BCUT2D eigenvalue weighted by Crippen LogP contribution is 2.44. The third kappa shape index (κ3) is 6.30. The number of methoxy groups -OCH3 is 1. The standard InChI is InChI=1S/C25H30N2O6S/c1-32-22(24(29)30)11-13-26-23(28)21(12-14-34-2)27-25(31)33-15-20-18-9-5-3-7-16(18)17-8-4-6-10-19(17)20/h3-10,20-22H,11-15H2,1-2H3,(H,26,28)(H,27,31)(H,29,30). The Morgan fingerprint density at radius 1 is 1.03 bits per heavy atom. The van der Waals surface area contributed by atoms with Gasteiger partial charge in [0, 0.05) is 26.0 Å². The summed E-state index contributed by atoms with van der Waals surface area (Å²) in [5.41, 5.74) is 4.50. The van der Waals surface area contributed by atoms with Gasteiger partial charge in [0.15, 0.2) is 6.10 Å². The van der Waals surface area contributed by atoms with Crippen LogP contribution in [0, 0.1) is 0 Å². The van der Waals surface area contributed by atoms with Crippen LogP contribution in [0.15, 0.2) is 48.5 Å². The average Bonchev–Trinajstić information content (AvgIpc) is 3.16. The average molecular weight is 487 g/mol. The van der Waals surface area contributed by atoms with E-state index in [2.05, 4.69) is 22.8 Å². The molecule has 2 amide bonds. The normalized spacial score (nSPS) is 13.9. The van der Waals surface area contributed by atoms with E-state index in [1.54, 1.807) is 11.8 Å². The number of benzene rings is 2. The van der Waals surface area contributed by atoms with E-state index in [9.17, 15) is 14.4 Å². The van der Waals surface area contributed by atoms with Gasteiger partial charge in [-0.15, -0.1) is 0 Å². The number of carbonyl (C=O) groups is 3. The van der Waals surface area contributed by atoms with Crippen molar-refractivity contribution in [2.45, 2.75) is 30.9 Å². The summed E-state index contributed by atoms with van der Waals surface area (Å²) in [6.07, 6.45) is 0.795. The molecule has 0 heterocycles. The molecule has 3 N–H and O–H groups in total. The van der Waals surface area contributed by atoms with Crippen LogP contribution in [0.4, 0.5) is 4.79 Å². The van der Waals surface area contributed by atoms with Crippen molar-refractivity contribution in [3.8, 4) is 11.1 Å². The molecular formula is C25H30N2O6S. The first kappa shape index (κ1) is 25.6. The molecule has 0 aromatic heterocycles. The molecule has 0 bridgehead atoms. The molecule has 3 rings (SSSR count). The lowest BCUT2D eigenvalue weighted by atomic mass is 9.98. The Kier molecular flexibility index (Phi) is 9.35. The summed E-state index contributed by atoms with van der Waals surface area (Å²) in [7, 11) is 1.31. The predicted octanol–water partition coefficient (Wildman–Crippen LogP) is 3.25. The van der Waals surface area contributed by atoms with Crippen LogP contribution < -0.4 is 10.6 Å². The summed E-state index contributed by atoms with van der Waals surface area (Å²) in [6.45, 7) is 0.274. The van der Waals surface area contributed by atoms with Gasteiger partial charge in [-0.05, 0) is 40.7 Å². The number of carboxylic acid groups (broad SMARTS) is 1. The summed E-state index contributed by atoms with van der Waals surface area (Å²) in [5.74, 6) is -0.883. The van der Waals surface area contributed by atoms with Gasteiger partial charge in [0.1, 0.15) is 12.6 Å². The SMILES string of the molecule is COC(CCNC(=O)C(CCSC)NC(=O)OCC1c2ccccc2-c2ccccc21)C(=O)O. The fourth-order valence-corrected chi connectivity index (χ4v) is 4.55. The fourth-order valence-electron chi connectivity index (χ4n) is 4.08. The monoisotopic (exact) mass is 486 g/mol. The maximum atomic E-state index is 12.6. The minimum atomic E-state index is -1.09. The lowest BCUT2D eigenvalue weighted by molar-refractivity contribution is -0.149.